The average molecular weight is 387 g/mol. The molecule has 122 valence electrons. The molecule has 2 rings (SSSR count). The normalized spacial score (nSPS) is 16.5. The summed E-state index contributed by atoms with van der Waals surface area (Å²) in [6, 6.07) is 7.82. The Morgan fingerprint density at radius 3 is 2.86 bits per heavy atom. The number of benzene rings is 1. The molecule has 0 saturated heterocycles. The van der Waals surface area contributed by atoms with Crippen molar-refractivity contribution in [1.29, 1.82) is 0 Å². The summed E-state index contributed by atoms with van der Waals surface area (Å²) in [4.78, 5) is 12.0. The minimum atomic E-state index is -0.617. The summed E-state index contributed by atoms with van der Waals surface area (Å²) in [6.07, 6.45) is 3.75. The topological polar surface area (TPSA) is 64.4 Å². The van der Waals surface area contributed by atoms with Gasteiger partial charge >= 0.3 is 0 Å². The Hall–Kier alpha value is -0.720. The van der Waals surface area contributed by atoms with Crippen LogP contribution in [0.3, 0.4) is 0 Å². The van der Waals surface area contributed by atoms with Gasteiger partial charge in [0.2, 0.25) is 5.91 Å². The van der Waals surface area contributed by atoms with Gasteiger partial charge in [0.25, 0.3) is 0 Å². The van der Waals surface area contributed by atoms with E-state index in [0.29, 0.717) is 13.2 Å². The van der Waals surface area contributed by atoms with Crippen LogP contribution in [0.5, 0.6) is 5.75 Å². The van der Waals surface area contributed by atoms with Crippen molar-refractivity contribution in [1.82, 2.24) is 5.32 Å². The summed E-state index contributed by atoms with van der Waals surface area (Å²) in [6.45, 7) is 1.33. The lowest BCUT2D eigenvalue weighted by Crippen LogP contribution is -2.52. The molecule has 0 spiro atoms. The largest absolute Gasteiger partial charge is 0.493 e. The minimum Gasteiger partial charge on any atom is -0.493 e. The molecule has 1 saturated carbocycles. The van der Waals surface area contributed by atoms with Crippen LogP contribution >= 0.6 is 27.7 Å². The number of carbonyl (C=O) groups is 1. The smallest absolute Gasteiger partial charge is 0.240 e. The highest BCUT2D eigenvalue weighted by atomic mass is 79.9. The maximum absolute atomic E-state index is 12.0. The van der Waals surface area contributed by atoms with Crippen molar-refractivity contribution in [3.05, 3.63) is 28.7 Å². The molecule has 1 aliphatic rings. The lowest BCUT2D eigenvalue weighted by Gasteiger charge is -2.22. The molecule has 1 aliphatic carbocycles. The van der Waals surface area contributed by atoms with Crippen LogP contribution in [0.25, 0.3) is 0 Å². The Morgan fingerprint density at radius 1 is 1.36 bits per heavy atom. The van der Waals surface area contributed by atoms with Gasteiger partial charge in [-0.3, -0.25) is 4.79 Å². The Balaban J connectivity index is 1.52. The lowest BCUT2D eigenvalue weighted by molar-refractivity contribution is -0.126. The SMILES string of the molecule is NC1(C(=O)NCCSCCOc2cccc(Br)c2)CCCC1. The summed E-state index contributed by atoms with van der Waals surface area (Å²) < 4.78 is 6.67. The van der Waals surface area contributed by atoms with Crippen molar-refractivity contribution in [3.63, 3.8) is 0 Å². The van der Waals surface area contributed by atoms with Gasteiger partial charge in [-0.15, -0.1) is 0 Å². The molecule has 1 aromatic carbocycles. The van der Waals surface area contributed by atoms with Gasteiger partial charge < -0.3 is 15.8 Å². The van der Waals surface area contributed by atoms with Crippen molar-refractivity contribution < 1.29 is 9.53 Å². The molecule has 0 aromatic heterocycles. The van der Waals surface area contributed by atoms with Crippen LogP contribution in [0.1, 0.15) is 25.7 Å². The highest BCUT2D eigenvalue weighted by molar-refractivity contribution is 9.10. The van der Waals surface area contributed by atoms with Crippen molar-refractivity contribution in [2.45, 2.75) is 31.2 Å². The van der Waals surface area contributed by atoms with E-state index in [-0.39, 0.29) is 5.91 Å². The highest BCUT2D eigenvalue weighted by Crippen LogP contribution is 2.27. The average Bonchev–Trinajstić information content (AvgIpc) is 2.94. The second-order valence-corrected chi connectivity index (χ2v) is 7.68. The van der Waals surface area contributed by atoms with Crippen molar-refractivity contribution in [2.24, 2.45) is 5.73 Å². The molecule has 3 N–H and O–H groups in total. The zero-order chi connectivity index (χ0) is 15.8. The molecule has 0 aliphatic heterocycles. The van der Waals surface area contributed by atoms with Crippen LogP contribution in [-0.2, 0) is 4.79 Å². The zero-order valence-electron chi connectivity index (χ0n) is 12.6. The number of thioether (sulfide) groups is 1. The molecule has 1 aromatic rings. The van der Waals surface area contributed by atoms with E-state index < -0.39 is 5.54 Å². The first-order valence-electron chi connectivity index (χ1n) is 7.63. The quantitative estimate of drug-likeness (QED) is 0.674. The molecule has 4 nitrogen and oxygen atoms in total. The molecule has 1 amide bonds. The molecule has 0 atom stereocenters. The number of rotatable bonds is 8. The van der Waals surface area contributed by atoms with Gasteiger partial charge in [-0.1, -0.05) is 34.8 Å². The molecular formula is C16H23BrN2O2S. The van der Waals surface area contributed by atoms with Gasteiger partial charge in [-0.2, -0.15) is 11.8 Å². The number of nitrogens with two attached hydrogens (primary N) is 1. The Morgan fingerprint density at radius 2 is 2.14 bits per heavy atom. The molecule has 0 heterocycles. The van der Waals surface area contributed by atoms with E-state index in [4.69, 9.17) is 10.5 Å². The first-order chi connectivity index (χ1) is 10.6. The predicted octanol–water partition coefficient (Wildman–Crippen LogP) is 2.95. The van der Waals surface area contributed by atoms with Crippen LogP contribution in [0.4, 0.5) is 0 Å². The van der Waals surface area contributed by atoms with Crippen LogP contribution < -0.4 is 15.8 Å². The van der Waals surface area contributed by atoms with Crippen molar-refractivity contribution in [2.75, 3.05) is 24.7 Å². The first kappa shape index (κ1) is 17.6. The molecule has 0 bridgehead atoms. The standard InChI is InChI=1S/C16H23BrN2O2S/c17-13-4-3-5-14(12-13)21-9-11-22-10-8-19-15(20)16(18)6-1-2-7-16/h3-5,12H,1-2,6-11,18H2,(H,19,20). The third-order valence-corrected chi connectivity index (χ3v) is 5.21. The van der Waals surface area contributed by atoms with Gasteiger partial charge in [0.05, 0.1) is 12.1 Å². The van der Waals surface area contributed by atoms with Crippen LogP contribution in [0.2, 0.25) is 0 Å². The predicted molar refractivity (Wildman–Crippen MR) is 95.4 cm³/mol. The maximum Gasteiger partial charge on any atom is 0.240 e. The van der Waals surface area contributed by atoms with Crippen LogP contribution in [-0.4, -0.2) is 36.1 Å². The molecule has 0 unspecified atom stereocenters. The minimum absolute atomic E-state index is 0.0102. The van der Waals surface area contributed by atoms with Gasteiger partial charge in [0, 0.05) is 22.5 Å². The Labute approximate surface area is 144 Å². The highest BCUT2D eigenvalue weighted by Gasteiger charge is 2.36. The van der Waals surface area contributed by atoms with Crippen molar-refractivity contribution >= 4 is 33.6 Å². The molecule has 1 fully saturated rings. The Bertz CT molecular complexity index is 493. The fraction of sp³-hybridized carbons (Fsp3) is 0.562. The van der Waals surface area contributed by atoms with E-state index in [1.807, 2.05) is 24.3 Å². The number of hydrogen-bond acceptors (Lipinski definition) is 4. The van der Waals surface area contributed by atoms with Gasteiger partial charge in [0.15, 0.2) is 0 Å². The van der Waals surface area contributed by atoms with E-state index in [1.54, 1.807) is 11.8 Å². The van der Waals surface area contributed by atoms with E-state index in [1.165, 1.54) is 0 Å². The summed E-state index contributed by atoms with van der Waals surface area (Å²) in [5.41, 5.74) is 5.48. The molecule has 0 radical (unpaired) electrons. The van der Waals surface area contributed by atoms with E-state index >= 15 is 0 Å². The number of nitrogens with one attached hydrogen (secondary N) is 1. The second kappa shape index (κ2) is 8.79. The number of ether oxygens (including phenoxy) is 1. The maximum atomic E-state index is 12.0. The monoisotopic (exact) mass is 386 g/mol. The number of hydrogen-bond donors (Lipinski definition) is 2. The number of amides is 1. The summed E-state index contributed by atoms with van der Waals surface area (Å²) in [7, 11) is 0. The van der Waals surface area contributed by atoms with Crippen molar-refractivity contribution in [3.8, 4) is 5.75 Å². The summed E-state index contributed by atoms with van der Waals surface area (Å²) >= 11 is 5.18. The van der Waals surface area contributed by atoms with Gasteiger partial charge in [0.1, 0.15) is 5.75 Å². The Kier molecular flexibility index (Phi) is 7.05. The first-order valence-corrected chi connectivity index (χ1v) is 9.58. The number of halogens is 1. The fourth-order valence-electron chi connectivity index (χ4n) is 2.52. The molecule has 22 heavy (non-hydrogen) atoms. The van der Waals surface area contributed by atoms with Gasteiger partial charge in [-0.25, -0.2) is 0 Å². The van der Waals surface area contributed by atoms with E-state index in [9.17, 15) is 4.79 Å². The number of carbonyl (C=O) groups excluding carboxylic acids is 1. The zero-order valence-corrected chi connectivity index (χ0v) is 15.0. The summed E-state index contributed by atoms with van der Waals surface area (Å²) in [5, 5.41) is 2.95. The second-order valence-electron chi connectivity index (χ2n) is 5.54. The molecule has 6 heteroatoms. The van der Waals surface area contributed by atoms with Crippen LogP contribution in [0.15, 0.2) is 28.7 Å². The molecular weight excluding hydrogens is 364 g/mol. The van der Waals surface area contributed by atoms with E-state index in [0.717, 1.165) is 47.4 Å². The fourth-order valence-corrected chi connectivity index (χ4v) is 3.55. The lowest BCUT2D eigenvalue weighted by atomic mass is 9.98. The third kappa shape index (κ3) is 5.48. The van der Waals surface area contributed by atoms with E-state index in [2.05, 4.69) is 21.2 Å². The third-order valence-electron chi connectivity index (χ3n) is 3.77. The summed E-state index contributed by atoms with van der Waals surface area (Å²) in [5.74, 6) is 2.66. The van der Waals surface area contributed by atoms with Crippen LogP contribution in [0, 0.1) is 0 Å². The van der Waals surface area contributed by atoms with Gasteiger partial charge in [-0.05, 0) is 31.0 Å².